The number of fused-ring (bicyclic) bond motifs is 1. The number of anilines is 1. The van der Waals surface area contributed by atoms with Crippen LogP contribution in [0, 0.1) is 0 Å². The highest BCUT2D eigenvalue weighted by Gasteiger charge is 2.28. The van der Waals surface area contributed by atoms with E-state index < -0.39 is 0 Å². The third-order valence-corrected chi connectivity index (χ3v) is 5.38. The molecular weight excluding hydrogens is 370 g/mol. The van der Waals surface area contributed by atoms with Crippen LogP contribution in [-0.2, 0) is 11.3 Å². The lowest BCUT2D eigenvalue weighted by atomic mass is 9.91. The zero-order valence-corrected chi connectivity index (χ0v) is 16.5. The number of carbonyl (C=O) groups excluding carboxylic acids is 1. The van der Waals surface area contributed by atoms with Crippen molar-refractivity contribution in [2.24, 2.45) is 5.73 Å². The molecule has 0 aliphatic carbocycles. The van der Waals surface area contributed by atoms with E-state index in [1.165, 1.54) is 0 Å². The summed E-state index contributed by atoms with van der Waals surface area (Å²) in [4.78, 5) is 17.0. The summed E-state index contributed by atoms with van der Waals surface area (Å²) in [5.41, 5.74) is 15.2. The van der Waals surface area contributed by atoms with Crippen LogP contribution in [0.2, 0.25) is 0 Å². The zero-order chi connectivity index (χ0) is 20.4. The first-order valence-corrected chi connectivity index (χ1v) is 9.98. The molecule has 6 N–H and O–H groups in total. The summed E-state index contributed by atoms with van der Waals surface area (Å²) in [6.07, 6.45) is 7.17. The summed E-state index contributed by atoms with van der Waals surface area (Å²) in [7, 11) is 0. The number of hydrogen-bond acceptors (Lipinski definition) is 7. The maximum atomic E-state index is 12.1. The van der Waals surface area contributed by atoms with Gasteiger partial charge in [-0.25, -0.2) is 4.98 Å². The molecule has 3 aromatic heterocycles. The Morgan fingerprint density at radius 1 is 1.34 bits per heavy atom. The van der Waals surface area contributed by atoms with E-state index in [4.69, 9.17) is 16.5 Å². The monoisotopic (exact) mass is 397 g/mol. The number of nitrogens with zero attached hydrogens (tertiary/aromatic N) is 5. The lowest BCUT2D eigenvalue weighted by Gasteiger charge is -2.29. The molecule has 10 nitrogen and oxygen atoms in total. The van der Waals surface area contributed by atoms with Crippen molar-refractivity contribution in [3.8, 4) is 11.1 Å². The Kier molecular flexibility index (Phi) is 5.45. The normalized spacial score (nSPS) is 19.5. The number of amides is 1. The second-order valence-electron chi connectivity index (χ2n) is 7.30. The van der Waals surface area contributed by atoms with Gasteiger partial charge in [0.2, 0.25) is 5.91 Å². The van der Waals surface area contributed by atoms with Crippen molar-refractivity contribution in [3.05, 3.63) is 30.4 Å². The van der Waals surface area contributed by atoms with E-state index in [1.54, 1.807) is 10.7 Å². The maximum Gasteiger partial charge on any atom is 0.237 e. The predicted octanol–water partition coefficient (Wildman–Crippen LogP) is 0.105. The van der Waals surface area contributed by atoms with Gasteiger partial charge in [-0.15, -0.1) is 0 Å². The number of aryl methyl sites for hydroxylation is 1. The molecule has 0 bridgehead atoms. The van der Waals surface area contributed by atoms with E-state index in [2.05, 4.69) is 20.8 Å². The van der Waals surface area contributed by atoms with Gasteiger partial charge >= 0.3 is 0 Å². The van der Waals surface area contributed by atoms with Gasteiger partial charge in [0.05, 0.1) is 24.1 Å². The predicted molar refractivity (Wildman–Crippen MR) is 110 cm³/mol. The summed E-state index contributed by atoms with van der Waals surface area (Å²) in [5.74, 6) is 0.728. The number of rotatable bonds is 6. The van der Waals surface area contributed by atoms with Crippen LogP contribution in [0.5, 0.6) is 0 Å². The van der Waals surface area contributed by atoms with E-state index in [0.717, 1.165) is 41.9 Å². The second kappa shape index (κ2) is 8.18. The highest BCUT2D eigenvalue weighted by Crippen LogP contribution is 2.29. The SMILES string of the molecule is CCn1cc(-c2cnn3c(N)cc([C@H]4CC[C@@H](C(=O)NCCN)NC4)nc23)cn1. The Morgan fingerprint density at radius 2 is 2.21 bits per heavy atom. The molecule has 0 radical (unpaired) electrons. The number of aromatic nitrogens is 5. The Labute approximate surface area is 168 Å². The third kappa shape index (κ3) is 3.81. The third-order valence-electron chi connectivity index (χ3n) is 5.38. The number of piperidine rings is 1. The van der Waals surface area contributed by atoms with Crippen molar-refractivity contribution in [1.29, 1.82) is 0 Å². The molecule has 0 saturated carbocycles. The molecule has 1 saturated heterocycles. The minimum Gasteiger partial charge on any atom is -0.384 e. The molecule has 1 amide bonds. The summed E-state index contributed by atoms with van der Waals surface area (Å²) >= 11 is 0. The molecule has 0 aromatic carbocycles. The molecule has 29 heavy (non-hydrogen) atoms. The molecule has 10 heteroatoms. The van der Waals surface area contributed by atoms with Gasteiger partial charge in [-0.1, -0.05) is 0 Å². The number of carbonyl (C=O) groups is 1. The zero-order valence-electron chi connectivity index (χ0n) is 16.5. The largest absolute Gasteiger partial charge is 0.384 e. The van der Waals surface area contributed by atoms with Crippen molar-refractivity contribution >= 4 is 17.4 Å². The highest BCUT2D eigenvalue weighted by molar-refractivity contribution is 5.82. The molecule has 1 fully saturated rings. The van der Waals surface area contributed by atoms with Crippen molar-refractivity contribution in [2.75, 3.05) is 25.4 Å². The molecule has 2 atom stereocenters. The first kappa shape index (κ1) is 19.3. The van der Waals surface area contributed by atoms with Gasteiger partial charge in [-0.2, -0.15) is 14.7 Å². The van der Waals surface area contributed by atoms with Gasteiger partial charge in [0, 0.05) is 55.5 Å². The number of hydrogen-bond donors (Lipinski definition) is 4. The summed E-state index contributed by atoms with van der Waals surface area (Å²) in [5, 5.41) is 14.9. The molecule has 1 aliphatic heterocycles. The molecule has 0 spiro atoms. The highest BCUT2D eigenvalue weighted by atomic mass is 16.2. The summed E-state index contributed by atoms with van der Waals surface area (Å²) < 4.78 is 3.52. The second-order valence-corrected chi connectivity index (χ2v) is 7.30. The first-order valence-electron chi connectivity index (χ1n) is 9.98. The van der Waals surface area contributed by atoms with Crippen molar-refractivity contribution < 1.29 is 4.79 Å². The average molecular weight is 397 g/mol. The molecule has 0 unspecified atom stereocenters. The quantitative estimate of drug-likeness (QED) is 0.462. The fraction of sp³-hybridized carbons (Fsp3) is 0.474. The van der Waals surface area contributed by atoms with Crippen LogP contribution >= 0.6 is 0 Å². The molecule has 4 rings (SSSR count). The van der Waals surface area contributed by atoms with Crippen LogP contribution < -0.4 is 22.1 Å². The van der Waals surface area contributed by atoms with Gasteiger partial charge in [0.1, 0.15) is 5.82 Å². The molecule has 1 aliphatic rings. The molecule has 154 valence electrons. The lowest BCUT2D eigenvalue weighted by Crippen LogP contribution is -2.49. The van der Waals surface area contributed by atoms with Crippen LogP contribution in [0.4, 0.5) is 5.82 Å². The number of nitrogen functional groups attached to an aromatic ring is 1. The number of nitrogens with one attached hydrogen (secondary N) is 2. The Hall–Kier alpha value is -2.98. The number of nitrogens with two attached hydrogens (primary N) is 2. The fourth-order valence-electron chi connectivity index (χ4n) is 3.75. The first-order chi connectivity index (χ1) is 14.1. The van der Waals surface area contributed by atoms with Crippen LogP contribution in [0.3, 0.4) is 0 Å². The van der Waals surface area contributed by atoms with Gasteiger partial charge in [0.25, 0.3) is 0 Å². The van der Waals surface area contributed by atoms with Gasteiger partial charge in [-0.3, -0.25) is 9.48 Å². The Morgan fingerprint density at radius 3 is 2.90 bits per heavy atom. The van der Waals surface area contributed by atoms with Crippen LogP contribution in [0.1, 0.15) is 31.4 Å². The van der Waals surface area contributed by atoms with Gasteiger partial charge < -0.3 is 22.1 Å². The maximum absolute atomic E-state index is 12.1. The minimum atomic E-state index is -0.190. The van der Waals surface area contributed by atoms with E-state index in [9.17, 15) is 4.79 Å². The van der Waals surface area contributed by atoms with E-state index in [-0.39, 0.29) is 17.9 Å². The topological polar surface area (TPSA) is 141 Å². The summed E-state index contributed by atoms with van der Waals surface area (Å²) in [6, 6.07) is 1.68. The molecule has 3 aromatic rings. The smallest absolute Gasteiger partial charge is 0.237 e. The minimum absolute atomic E-state index is 0.00263. The van der Waals surface area contributed by atoms with Crippen molar-refractivity contribution in [2.45, 2.75) is 38.3 Å². The molecule has 4 heterocycles. The Bertz CT molecular complexity index is 1000. The van der Waals surface area contributed by atoms with Gasteiger partial charge in [-0.05, 0) is 19.8 Å². The fourth-order valence-corrected chi connectivity index (χ4v) is 3.75. The lowest BCUT2D eigenvalue weighted by molar-refractivity contribution is -0.123. The van der Waals surface area contributed by atoms with Crippen LogP contribution in [0.15, 0.2) is 24.7 Å². The standard InChI is InChI=1S/C19H27N9O/c1-2-27-11-13(9-24-27)14-10-25-28-17(21)7-16(26-18(14)28)12-3-4-15(23-8-12)19(29)22-6-5-20/h7,9-12,15,23H,2-6,8,20-21H2,1H3,(H,22,29)/t12-,15-/m0/s1. The van der Waals surface area contributed by atoms with E-state index in [1.807, 2.05) is 30.1 Å². The van der Waals surface area contributed by atoms with E-state index in [0.29, 0.717) is 25.5 Å². The van der Waals surface area contributed by atoms with Crippen molar-refractivity contribution in [3.63, 3.8) is 0 Å². The van der Waals surface area contributed by atoms with Gasteiger partial charge in [0.15, 0.2) is 5.65 Å². The summed E-state index contributed by atoms with van der Waals surface area (Å²) in [6.45, 7) is 4.44. The Balaban J connectivity index is 1.56. The molecular formula is C19H27N9O. The van der Waals surface area contributed by atoms with Crippen LogP contribution in [0.25, 0.3) is 16.8 Å². The average Bonchev–Trinajstić information content (AvgIpc) is 3.39. The van der Waals surface area contributed by atoms with Crippen LogP contribution in [-0.4, -0.2) is 56.0 Å². The van der Waals surface area contributed by atoms with Crippen molar-refractivity contribution in [1.82, 2.24) is 35.0 Å². The van der Waals surface area contributed by atoms with E-state index >= 15 is 0 Å².